The van der Waals surface area contributed by atoms with Crippen molar-refractivity contribution in [2.45, 2.75) is 58.5 Å². The molecule has 1 fully saturated rings. The summed E-state index contributed by atoms with van der Waals surface area (Å²) < 4.78 is 5.59. The third-order valence-corrected chi connectivity index (χ3v) is 5.05. The summed E-state index contributed by atoms with van der Waals surface area (Å²) in [5, 5.41) is 0. The second-order valence-electron chi connectivity index (χ2n) is 6.85. The van der Waals surface area contributed by atoms with Crippen molar-refractivity contribution in [3.63, 3.8) is 0 Å². The number of hydrogen-bond acceptors (Lipinski definition) is 1. The molecule has 2 rings (SSSR count). The fourth-order valence-corrected chi connectivity index (χ4v) is 3.51. The van der Waals surface area contributed by atoms with Crippen LogP contribution in [-0.4, -0.2) is 6.61 Å². The summed E-state index contributed by atoms with van der Waals surface area (Å²) in [7, 11) is 0. The monoisotopic (exact) mass is 312 g/mol. The molecule has 0 aromatic heterocycles. The smallest absolute Gasteiger partial charge is 0.0721 e. The molecule has 0 unspecified atom stereocenters. The fourth-order valence-electron chi connectivity index (χ4n) is 3.51. The summed E-state index contributed by atoms with van der Waals surface area (Å²) in [5.41, 5.74) is 2.73. The van der Waals surface area contributed by atoms with Gasteiger partial charge in [0, 0.05) is 0 Å². The van der Waals surface area contributed by atoms with Gasteiger partial charge in [0.1, 0.15) is 0 Å². The maximum atomic E-state index is 5.59. The van der Waals surface area contributed by atoms with Crippen molar-refractivity contribution >= 4 is 0 Å². The number of benzene rings is 1. The Labute approximate surface area is 142 Å². The van der Waals surface area contributed by atoms with Gasteiger partial charge in [0.2, 0.25) is 0 Å². The standard InChI is InChI=1S/C22H32O/c1-3-5-17-23-18-22-15-13-21(14-16-22)12-11-20-9-7-19(6-4-2)8-10-20/h3-5,13-16,19-20H,2,6-12,17-18H2,1H3/t19-,20-. The van der Waals surface area contributed by atoms with Gasteiger partial charge < -0.3 is 4.74 Å². The van der Waals surface area contributed by atoms with E-state index in [1.807, 2.05) is 19.1 Å². The van der Waals surface area contributed by atoms with Gasteiger partial charge in [-0.15, -0.1) is 6.58 Å². The van der Waals surface area contributed by atoms with E-state index >= 15 is 0 Å². The molecule has 126 valence electrons. The highest BCUT2D eigenvalue weighted by Crippen LogP contribution is 2.33. The number of hydrogen-bond donors (Lipinski definition) is 0. The lowest BCUT2D eigenvalue weighted by atomic mass is 9.78. The van der Waals surface area contributed by atoms with E-state index in [1.54, 1.807) is 0 Å². The van der Waals surface area contributed by atoms with Gasteiger partial charge in [-0.2, -0.15) is 0 Å². The largest absolute Gasteiger partial charge is 0.373 e. The van der Waals surface area contributed by atoms with Crippen LogP contribution in [0.15, 0.2) is 49.1 Å². The Morgan fingerprint density at radius 2 is 1.70 bits per heavy atom. The van der Waals surface area contributed by atoms with Gasteiger partial charge in [0.25, 0.3) is 0 Å². The average molecular weight is 312 g/mol. The van der Waals surface area contributed by atoms with Crippen molar-refractivity contribution in [2.75, 3.05) is 6.61 Å². The van der Waals surface area contributed by atoms with Crippen molar-refractivity contribution < 1.29 is 4.74 Å². The van der Waals surface area contributed by atoms with Gasteiger partial charge in [-0.3, -0.25) is 0 Å². The van der Waals surface area contributed by atoms with Gasteiger partial charge in [-0.25, -0.2) is 0 Å². The van der Waals surface area contributed by atoms with Gasteiger partial charge in [-0.05, 0) is 62.0 Å². The van der Waals surface area contributed by atoms with Crippen LogP contribution >= 0.6 is 0 Å². The van der Waals surface area contributed by atoms with Crippen LogP contribution in [0.4, 0.5) is 0 Å². The van der Waals surface area contributed by atoms with E-state index in [1.165, 1.54) is 56.1 Å². The molecule has 0 atom stereocenters. The van der Waals surface area contributed by atoms with Crippen LogP contribution in [0, 0.1) is 11.8 Å². The van der Waals surface area contributed by atoms with Crippen molar-refractivity contribution in [3.8, 4) is 0 Å². The lowest BCUT2D eigenvalue weighted by molar-refractivity contribution is 0.148. The molecule has 0 radical (unpaired) electrons. The quantitative estimate of drug-likeness (QED) is 0.396. The summed E-state index contributed by atoms with van der Waals surface area (Å²) in [4.78, 5) is 0. The molecule has 1 saturated carbocycles. The first-order valence-corrected chi connectivity index (χ1v) is 9.19. The zero-order valence-corrected chi connectivity index (χ0v) is 14.7. The lowest BCUT2D eigenvalue weighted by Crippen LogP contribution is -2.14. The Balaban J connectivity index is 1.67. The van der Waals surface area contributed by atoms with E-state index in [4.69, 9.17) is 4.74 Å². The number of allylic oxidation sites excluding steroid dienone is 2. The fraction of sp³-hybridized carbons (Fsp3) is 0.545. The maximum absolute atomic E-state index is 5.59. The van der Waals surface area contributed by atoms with E-state index in [0.29, 0.717) is 13.2 Å². The molecule has 1 aromatic carbocycles. The molecule has 1 aliphatic carbocycles. The summed E-state index contributed by atoms with van der Waals surface area (Å²) in [6.07, 6.45) is 15.6. The number of aryl methyl sites for hydroxylation is 1. The Morgan fingerprint density at radius 1 is 1.04 bits per heavy atom. The van der Waals surface area contributed by atoms with Gasteiger partial charge >= 0.3 is 0 Å². The third kappa shape index (κ3) is 6.74. The lowest BCUT2D eigenvalue weighted by Gasteiger charge is -2.27. The topological polar surface area (TPSA) is 9.23 Å². The Kier molecular flexibility index (Phi) is 8.17. The molecular formula is C22H32O. The second kappa shape index (κ2) is 10.4. The Bertz CT molecular complexity index is 463. The van der Waals surface area contributed by atoms with E-state index in [9.17, 15) is 0 Å². The zero-order valence-electron chi connectivity index (χ0n) is 14.7. The number of ether oxygens (including phenoxy) is 1. The normalized spacial score (nSPS) is 21.6. The van der Waals surface area contributed by atoms with Gasteiger partial charge in [0.05, 0.1) is 13.2 Å². The first-order chi connectivity index (χ1) is 11.3. The Morgan fingerprint density at radius 3 is 2.35 bits per heavy atom. The first-order valence-electron chi connectivity index (χ1n) is 9.19. The van der Waals surface area contributed by atoms with Crippen LogP contribution in [0.1, 0.15) is 56.6 Å². The van der Waals surface area contributed by atoms with Crippen LogP contribution < -0.4 is 0 Å². The van der Waals surface area contributed by atoms with E-state index < -0.39 is 0 Å². The molecule has 0 spiro atoms. The minimum Gasteiger partial charge on any atom is -0.373 e. The molecule has 1 heteroatoms. The van der Waals surface area contributed by atoms with Crippen molar-refractivity contribution in [3.05, 3.63) is 60.2 Å². The number of rotatable bonds is 9. The average Bonchev–Trinajstić information content (AvgIpc) is 2.59. The van der Waals surface area contributed by atoms with E-state index in [0.717, 1.165) is 11.8 Å². The highest BCUT2D eigenvalue weighted by molar-refractivity contribution is 5.22. The molecule has 23 heavy (non-hydrogen) atoms. The van der Waals surface area contributed by atoms with Gasteiger partial charge in [-0.1, -0.05) is 55.3 Å². The van der Waals surface area contributed by atoms with Crippen molar-refractivity contribution in [1.82, 2.24) is 0 Å². The van der Waals surface area contributed by atoms with Crippen LogP contribution in [0.2, 0.25) is 0 Å². The summed E-state index contributed by atoms with van der Waals surface area (Å²) in [6, 6.07) is 8.98. The Hall–Kier alpha value is -1.34. The molecule has 1 aliphatic rings. The van der Waals surface area contributed by atoms with E-state index in [-0.39, 0.29) is 0 Å². The third-order valence-electron chi connectivity index (χ3n) is 5.05. The minimum absolute atomic E-state index is 0.701. The predicted molar refractivity (Wildman–Crippen MR) is 99.5 cm³/mol. The molecule has 0 bridgehead atoms. The highest BCUT2D eigenvalue weighted by Gasteiger charge is 2.19. The maximum Gasteiger partial charge on any atom is 0.0721 e. The second-order valence-corrected chi connectivity index (χ2v) is 6.85. The zero-order chi connectivity index (χ0) is 16.3. The van der Waals surface area contributed by atoms with Crippen LogP contribution in [0.3, 0.4) is 0 Å². The molecule has 0 saturated heterocycles. The van der Waals surface area contributed by atoms with Crippen LogP contribution in [0.5, 0.6) is 0 Å². The van der Waals surface area contributed by atoms with E-state index in [2.05, 4.69) is 36.9 Å². The minimum atomic E-state index is 0.701. The molecule has 0 N–H and O–H groups in total. The molecule has 0 amide bonds. The molecule has 1 aromatic rings. The molecule has 1 nitrogen and oxygen atoms in total. The SMILES string of the molecule is C=CC[C@H]1CC[C@H](CCc2ccc(COCC=CC)cc2)CC1. The highest BCUT2D eigenvalue weighted by atomic mass is 16.5. The van der Waals surface area contributed by atoms with Crippen molar-refractivity contribution in [1.29, 1.82) is 0 Å². The summed E-state index contributed by atoms with van der Waals surface area (Å²) >= 11 is 0. The summed E-state index contributed by atoms with van der Waals surface area (Å²) in [5.74, 6) is 1.84. The van der Waals surface area contributed by atoms with Crippen LogP contribution in [0.25, 0.3) is 0 Å². The van der Waals surface area contributed by atoms with Crippen molar-refractivity contribution in [2.24, 2.45) is 11.8 Å². The predicted octanol–water partition coefficient (Wildman–Crippen LogP) is 6.09. The van der Waals surface area contributed by atoms with Crippen LogP contribution in [-0.2, 0) is 17.8 Å². The molecule has 0 aliphatic heterocycles. The molecule has 0 heterocycles. The molecular weight excluding hydrogens is 280 g/mol. The summed E-state index contributed by atoms with van der Waals surface area (Å²) in [6.45, 7) is 7.30. The first kappa shape index (κ1) is 18.0. The van der Waals surface area contributed by atoms with Gasteiger partial charge in [0.15, 0.2) is 0 Å².